The van der Waals surface area contributed by atoms with Crippen LogP contribution in [0.5, 0.6) is 28.7 Å². The first-order valence-electron chi connectivity index (χ1n) is 9.72. The van der Waals surface area contributed by atoms with E-state index in [0.29, 0.717) is 23.9 Å². The largest absolute Gasteiger partial charge is 0.504 e. The standard InChI is InChI=1S/C22H26O8/c1-26-16-7-12(8-17(27-2)22(16)28-3)20-13-10-29-21(19(13)18(9-23)30-20)11-4-5-14(24)15(25)6-11/h4-8,13,18-21,23-25H,9-10H2,1-3H3. The number of methoxy groups -OCH3 is 3. The van der Waals surface area contributed by atoms with Crippen molar-refractivity contribution in [2.75, 3.05) is 34.5 Å². The first-order valence-corrected chi connectivity index (χ1v) is 9.72. The Morgan fingerprint density at radius 1 is 0.900 bits per heavy atom. The Morgan fingerprint density at radius 3 is 2.17 bits per heavy atom. The highest BCUT2D eigenvalue weighted by molar-refractivity contribution is 5.54. The minimum Gasteiger partial charge on any atom is -0.504 e. The normalized spacial score (nSPS) is 27.7. The highest BCUT2D eigenvalue weighted by Gasteiger charge is 2.53. The highest BCUT2D eigenvalue weighted by Crippen LogP contribution is 2.55. The summed E-state index contributed by atoms with van der Waals surface area (Å²) in [4.78, 5) is 0. The number of aliphatic hydroxyl groups excluding tert-OH is 1. The molecule has 8 heteroatoms. The molecule has 2 aromatic rings. The van der Waals surface area contributed by atoms with Crippen LogP contribution < -0.4 is 14.2 Å². The lowest BCUT2D eigenvalue weighted by Gasteiger charge is -2.22. The van der Waals surface area contributed by atoms with Crippen molar-refractivity contribution < 1.29 is 39.0 Å². The average Bonchev–Trinajstić information content (AvgIpc) is 3.35. The predicted octanol–water partition coefficient (Wildman–Crippen LogP) is 2.56. The SMILES string of the molecule is COc1cc(C2OC(CO)C3C(c4ccc(O)c(O)c4)OCC23)cc(OC)c1OC. The molecule has 2 aromatic carbocycles. The summed E-state index contributed by atoms with van der Waals surface area (Å²) in [6, 6.07) is 8.33. The topological polar surface area (TPSA) is 107 Å². The number of phenolic OH excluding ortho intramolecular Hbond substituents is 2. The maximum absolute atomic E-state index is 9.99. The molecule has 2 aliphatic rings. The molecule has 2 heterocycles. The van der Waals surface area contributed by atoms with E-state index in [1.54, 1.807) is 27.4 Å². The number of phenols is 2. The maximum atomic E-state index is 9.99. The average molecular weight is 418 g/mol. The molecule has 0 radical (unpaired) electrons. The fourth-order valence-electron chi connectivity index (χ4n) is 4.59. The Hall–Kier alpha value is -2.68. The van der Waals surface area contributed by atoms with E-state index in [-0.39, 0.29) is 42.1 Å². The van der Waals surface area contributed by atoms with Gasteiger partial charge in [-0.15, -0.1) is 0 Å². The lowest BCUT2D eigenvalue weighted by molar-refractivity contribution is -0.0463. The van der Waals surface area contributed by atoms with Gasteiger partial charge in [-0.2, -0.15) is 0 Å². The zero-order valence-corrected chi connectivity index (χ0v) is 17.1. The van der Waals surface area contributed by atoms with Crippen molar-refractivity contribution in [3.63, 3.8) is 0 Å². The lowest BCUT2D eigenvalue weighted by atomic mass is 9.81. The van der Waals surface area contributed by atoms with E-state index in [1.807, 2.05) is 12.1 Å². The van der Waals surface area contributed by atoms with Crippen molar-refractivity contribution in [3.8, 4) is 28.7 Å². The van der Waals surface area contributed by atoms with Crippen LogP contribution in [0.15, 0.2) is 30.3 Å². The van der Waals surface area contributed by atoms with E-state index in [9.17, 15) is 15.3 Å². The summed E-state index contributed by atoms with van der Waals surface area (Å²) in [5.41, 5.74) is 1.57. The molecular weight excluding hydrogens is 392 g/mol. The summed E-state index contributed by atoms with van der Waals surface area (Å²) in [5.74, 6) is 1.01. The summed E-state index contributed by atoms with van der Waals surface area (Å²) in [6.07, 6.45) is -1.15. The van der Waals surface area contributed by atoms with Gasteiger partial charge in [0.2, 0.25) is 5.75 Å². The van der Waals surface area contributed by atoms with Crippen LogP contribution in [0.4, 0.5) is 0 Å². The van der Waals surface area contributed by atoms with Gasteiger partial charge in [0.05, 0.1) is 52.9 Å². The molecule has 162 valence electrons. The smallest absolute Gasteiger partial charge is 0.203 e. The lowest BCUT2D eigenvalue weighted by Crippen LogP contribution is -2.25. The molecule has 2 aliphatic heterocycles. The molecule has 4 rings (SSSR count). The van der Waals surface area contributed by atoms with Gasteiger partial charge in [-0.05, 0) is 35.4 Å². The monoisotopic (exact) mass is 418 g/mol. The highest BCUT2D eigenvalue weighted by atomic mass is 16.5. The Bertz CT molecular complexity index is 889. The number of aliphatic hydroxyl groups is 1. The van der Waals surface area contributed by atoms with Gasteiger partial charge in [-0.3, -0.25) is 0 Å². The van der Waals surface area contributed by atoms with Crippen molar-refractivity contribution in [3.05, 3.63) is 41.5 Å². The first kappa shape index (κ1) is 20.6. The van der Waals surface area contributed by atoms with Crippen LogP contribution in [-0.4, -0.2) is 56.0 Å². The van der Waals surface area contributed by atoms with Gasteiger partial charge in [0.1, 0.15) is 0 Å². The van der Waals surface area contributed by atoms with Gasteiger partial charge < -0.3 is 39.0 Å². The molecule has 8 nitrogen and oxygen atoms in total. The van der Waals surface area contributed by atoms with Crippen molar-refractivity contribution in [1.82, 2.24) is 0 Å². The summed E-state index contributed by atoms with van der Waals surface area (Å²) in [5, 5.41) is 29.5. The molecule has 0 saturated carbocycles. The zero-order chi connectivity index (χ0) is 21.4. The van der Waals surface area contributed by atoms with E-state index < -0.39 is 6.10 Å². The summed E-state index contributed by atoms with van der Waals surface area (Å²) in [7, 11) is 4.66. The summed E-state index contributed by atoms with van der Waals surface area (Å²) >= 11 is 0. The molecule has 5 unspecified atom stereocenters. The van der Waals surface area contributed by atoms with Gasteiger partial charge in [-0.1, -0.05) is 6.07 Å². The van der Waals surface area contributed by atoms with Crippen molar-refractivity contribution >= 4 is 0 Å². The van der Waals surface area contributed by atoms with Crippen LogP contribution in [0.1, 0.15) is 23.3 Å². The third-order valence-electron chi connectivity index (χ3n) is 5.98. The van der Waals surface area contributed by atoms with E-state index in [0.717, 1.165) is 11.1 Å². The Balaban J connectivity index is 1.69. The molecular formula is C22H26O8. The minimum atomic E-state index is -0.442. The van der Waals surface area contributed by atoms with Crippen LogP contribution in [-0.2, 0) is 9.47 Å². The Labute approximate surface area is 174 Å². The van der Waals surface area contributed by atoms with Gasteiger partial charge in [0.25, 0.3) is 0 Å². The molecule has 5 atom stereocenters. The van der Waals surface area contributed by atoms with Crippen molar-refractivity contribution in [2.45, 2.75) is 18.3 Å². The Kier molecular flexibility index (Phi) is 5.64. The van der Waals surface area contributed by atoms with E-state index in [2.05, 4.69) is 0 Å². The summed E-state index contributed by atoms with van der Waals surface area (Å²) < 4.78 is 28.7. The van der Waals surface area contributed by atoms with Gasteiger partial charge in [0, 0.05) is 11.8 Å². The number of fused-ring (bicyclic) bond motifs is 1. The van der Waals surface area contributed by atoms with Crippen LogP contribution in [0.2, 0.25) is 0 Å². The Morgan fingerprint density at radius 2 is 1.60 bits per heavy atom. The first-order chi connectivity index (χ1) is 14.5. The molecule has 2 fully saturated rings. The van der Waals surface area contributed by atoms with Crippen molar-refractivity contribution in [2.24, 2.45) is 11.8 Å². The maximum Gasteiger partial charge on any atom is 0.203 e. The number of hydrogen-bond donors (Lipinski definition) is 3. The minimum absolute atomic E-state index is 0.0223. The molecule has 0 amide bonds. The van der Waals surface area contributed by atoms with E-state index >= 15 is 0 Å². The van der Waals surface area contributed by atoms with Gasteiger partial charge in [0.15, 0.2) is 23.0 Å². The third kappa shape index (κ3) is 3.30. The van der Waals surface area contributed by atoms with Crippen LogP contribution in [0.25, 0.3) is 0 Å². The second-order valence-electron chi connectivity index (χ2n) is 7.48. The van der Waals surface area contributed by atoms with E-state index in [4.69, 9.17) is 23.7 Å². The van der Waals surface area contributed by atoms with Crippen LogP contribution in [0, 0.1) is 11.8 Å². The number of rotatable bonds is 6. The molecule has 2 saturated heterocycles. The molecule has 0 spiro atoms. The fraction of sp³-hybridized carbons (Fsp3) is 0.455. The second-order valence-corrected chi connectivity index (χ2v) is 7.48. The van der Waals surface area contributed by atoms with Crippen LogP contribution in [0.3, 0.4) is 0 Å². The molecule has 3 N–H and O–H groups in total. The fourth-order valence-corrected chi connectivity index (χ4v) is 4.59. The van der Waals surface area contributed by atoms with Gasteiger partial charge in [-0.25, -0.2) is 0 Å². The molecule has 0 aromatic heterocycles. The molecule has 30 heavy (non-hydrogen) atoms. The van der Waals surface area contributed by atoms with Gasteiger partial charge >= 0.3 is 0 Å². The number of benzene rings is 2. The van der Waals surface area contributed by atoms with Crippen LogP contribution >= 0.6 is 0 Å². The summed E-state index contributed by atoms with van der Waals surface area (Å²) in [6.45, 7) is 0.265. The predicted molar refractivity (Wildman–Crippen MR) is 106 cm³/mol. The van der Waals surface area contributed by atoms with Crippen molar-refractivity contribution in [1.29, 1.82) is 0 Å². The molecule has 0 bridgehead atoms. The third-order valence-corrected chi connectivity index (χ3v) is 5.98. The number of aromatic hydroxyl groups is 2. The van der Waals surface area contributed by atoms with E-state index in [1.165, 1.54) is 12.1 Å². The molecule has 0 aliphatic carbocycles. The second kappa shape index (κ2) is 8.22. The number of ether oxygens (including phenoxy) is 5. The number of hydrogen-bond acceptors (Lipinski definition) is 8. The zero-order valence-electron chi connectivity index (χ0n) is 17.1. The quantitative estimate of drug-likeness (QED) is 0.615.